The topological polar surface area (TPSA) is 82.9 Å². The van der Waals surface area contributed by atoms with E-state index in [9.17, 15) is 8.42 Å². The highest BCUT2D eigenvalue weighted by atomic mass is 32.2. The van der Waals surface area contributed by atoms with E-state index < -0.39 is 10.0 Å². The van der Waals surface area contributed by atoms with Gasteiger partial charge in [0, 0.05) is 31.5 Å². The normalized spacial score (nSPS) is 16.3. The maximum absolute atomic E-state index is 13.1. The van der Waals surface area contributed by atoms with Gasteiger partial charge in [-0.1, -0.05) is 25.6 Å². The van der Waals surface area contributed by atoms with E-state index in [-0.39, 0.29) is 11.0 Å². The Morgan fingerprint density at radius 2 is 1.83 bits per heavy atom. The molecule has 0 bridgehead atoms. The Hall–Kier alpha value is -2.27. The minimum absolute atomic E-state index is 0.128. The highest BCUT2D eigenvalue weighted by Gasteiger charge is 2.24. The molecule has 1 saturated heterocycles. The third-order valence-corrected chi connectivity index (χ3v) is 9.31. The molecular weight excluding hydrogens is 486 g/mol. The van der Waals surface area contributed by atoms with E-state index in [1.54, 1.807) is 38.1 Å². The summed E-state index contributed by atoms with van der Waals surface area (Å²) in [5, 5.41) is 0.828. The van der Waals surface area contributed by atoms with Crippen molar-refractivity contribution < 1.29 is 22.6 Å². The van der Waals surface area contributed by atoms with E-state index in [0.717, 1.165) is 47.2 Å². The molecule has 0 aliphatic carbocycles. The molecule has 10 heteroatoms. The summed E-state index contributed by atoms with van der Waals surface area (Å²) < 4.78 is 46.5. The molecule has 0 spiro atoms. The Kier molecular flexibility index (Phi) is 8.26. The van der Waals surface area contributed by atoms with Crippen molar-refractivity contribution in [1.82, 2.24) is 13.9 Å². The smallest absolute Gasteiger partial charge is 0.243 e. The summed E-state index contributed by atoms with van der Waals surface area (Å²) in [5.74, 6) is 2.13. The molecule has 1 fully saturated rings. The summed E-state index contributed by atoms with van der Waals surface area (Å²) in [5.41, 5.74) is 2.62. The summed E-state index contributed by atoms with van der Waals surface area (Å²) in [6.45, 7) is 6.00. The maximum atomic E-state index is 13.1. The fourth-order valence-corrected chi connectivity index (χ4v) is 6.77. The van der Waals surface area contributed by atoms with E-state index in [1.165, 1.54) is 4.31 Å². The number of nitrogens with zero attached hydrogens (tertiary/aromatic N) is 3. The fraction of sp³-hybridized carbons (Fsp3) is 0.480. The van der Waals surface area contributed by atoms with Crippen LogP contribution in [0.2, 0.25) is 0 Å². The van der Waals surface area contributed by atoms with E-state index >= 15 is 0 Å². The van der Waals surface area contributed by atoms with Crippen LogP contribution in [0.15, 0.2) is 46.5 Å². The quantitative estimate of drug-likeness (QED) is 0.344. The second kappa shape index (κ2) is 11.2. The van der Waals surface area contributed by atoms with E-state index in [2.05, 4.69) is 4.57 Å². The number of methoxy groups -OCH3 is 2. The van der Waals surface area contributed by atoms with Crippen LogP contribution in [-0.4, -0.2) is 62.3 Å². The first-order valence-electron chi connectivity index (χ1n) is 11.9. The Morgan fingerprint density at radius 3 is 2.43 bits per heavy atom. The molecule has 4 rings (SSSR count). The molecule has 1 aliphatic rings. The number of ether oxygens (including phenoxy) is 3. The lowest BCUT2D eigenvalue weighted by Crippen LogP contribution is -2.30. The molecule has 2 aromatic carbocycles. The van der Waals surface area contributed by atoms with Gasteiger partial charge in [-0.2, -0.15) is 4.31 Å². The molecule has 0 radical (unpaired) electrons. The van der Waals surface area contributed by atoms with Gasteiger partial charge in [0.25, 0.3) is 0 Å². The van der Waals surface area contributed by atoms with Gasteiger partial charge in [-0.15, -0.1) is 0 Å². The molecular formula is C25H33N3O5S2. The molecule has 8 nitrogen and oxygen atoms in total. The van der Waals surface area contributed by atoms with Crippen LogP contribution in [0.1, 0.15) is 32.3 Å². The minimum Gasteiger partial charge on any atom is -0.497 e. The van der Waals surface area contributed by atoms with Crippen LogP contribution >= 0.6 is 11.8 Å². The Bertz CT molecular complexity index is 1240. The number of hydrogen-bond donors (Lipinski definition) is 0. The zero-order valence-corrected chi connectivity index (χ0v) is 22.3. The maximum Gasteiger partial charge on any atom is 0.243 e. The standard InChI is InChI=1S/C25H33N3O5S2/c1-5-27(6-2)35(29,30)22-9-10-24-23(15-22)26-25(28(24)16-19-8-7-11-33-19)34-17-18-12-20(31-3)14-21(13-18)32-4/h9-10,12-15,19H,5-8,11,16-17H2,1-4H3. The van der Waals surface area contributed by atoms with Crippen LogP contribution in [0.5, 0.6) is 11.5 Å². The first-order chi connectivity index (χ1) is 16.9. The van der Waals surface area contributed by atoms with Gasteiger partial charge in [0.2, 0.25) is 10.0 Å². The van der Waals surface area contributed by atoms with Crippen LogP contribution < -0.4 is 9.47 Å². The molecule has 3 aromatic rings. The van der Waals surface area contributed by atoms with Crippen molar-refractivity contribution >= 4 is 32.8 Å². The summed E-state index contributed by atoms with van der Waals surface area (Å²) in [7, 11) is -0.294. The largest absolute Gasteiger partial charge is 0.497 e. The molecule has 0 amide bonds. The summed E-state index contributed by atoms with van der Waals surface area (Å²) in [6, 6.07) is 11.1. The van der Waals surface area contributed by atoms with Crippen LogP contribution in [0, 0.1) is 0 Å². The highest BCUT2D eigenvalue weighted by molar-refractivity contribution is 7.98. The highest BCUT2D eigenvalue weighted by Crippen LogP contribution is 2.32. The van der Waals surface area contributed by atoms with Crippen molar-refractivity contribution in [3.8, 4) is 11.5 Å². The van der Waals surface area contributed by atoms with Crippen molar-refractivity contribution in [3.63, 3.8) is 0 Å². The number of imidazole rings is 1. The number of fused-ring (bicyclic) bond motifs is 1. The molecule has 0 saturated carbocycles. The summed E-state index contributed by atoms with van der Waals surface area (Å²) in [6.07, 6.45) is 2.18. The lowest BCUT2D eigenvalue weighted by Gasteiger charge is -2.18. The monoisotopic (exact) mass is 519 g/mol. The van der Waals surface area contributed by atoms with E-state index in [1.807, 2.05) is 38.1 Å². The van der Waals surface area contributed by atoms with E-state index in [0.29, 0.717) is 30.9 Å². The molecule has 35 heavy (non-hydrogen) atoms. The molecule has 1 aromatic heterocycles. The molecule has 2 heterocycles. The SMILES string of the molecule is CCN(CC)S(=O)(=O)c1ccc2c(c1)nc(SCc1cc(OC)cc(OC)c1)n2CC1CCCO1. The summed E-state index contributed by atoms with van der Waals surface area (Å²) >= 11 is 1.60. The van der Waals surface area contributed by atoms with Crippen molar-refractivity contribution in [2.75, 3.05) is 33.9 Å². The third-order valence-electron chi connectivity index (χ3n) is 6.22. The van der Waals surface area contributed by atoms with Crippen LogP contribution in [0.25, 0.3) is 11.0 Å². The van der Waals surface area contributed by atoms with Crippen LogP contribution in [0.3, 0.4) is 0 Å². The van der Waals surface area contributed by atoms with Gasteiger partial charge >= 0.3 is 0 Å². The van der Waals surface area contributed by atoms with Crippen molar-refractivity contribution in [2.24, 2.45) is 0 Å². The molecule has 1 unspecified atom stereocenters. The number of thioether (sulfide) groups is 1. The zero-order chi connectivity index (χ0) is 25.0. The fourth-order valence-electron chi connectivity index (χ4n) is 4.34. The first-order valence-corrected chi connectivity index (χ1v) is 14.3. The minimum atomic E-state index is -3.56. The molecule has 1 aliphatic heterocycles. The molecule has 0 N–H and O–H groups in total. The number of sulfonamides is 1. The van der Waals surface area contributed by atoms with Crippen LogP contribution in [0.4, 0.5) is 0 Å². The second-order valence-electron chi connectivity index (χ2n) is 8.39. The lowest BCUT2D eigenvalue weighted by atomic mass is 10.2. The zero-order valence-electron chi connectivity index (χ0n) is 20.7. The predicted molar refractivity (Wildman–Crippen MR) is 138 cm³/mol. The van der Waals surface area contributed by atoms with Gasteiger partial charge in [-0.3, -0.25) is 0 Å². The van der Waals surface area contributed by atoms with E-state index in [4.69, 9.17) is 19.2 Å². The van der Waals surface area contributed by atoms with Gasteiger partial charge < -0.3 is 18.8 Å². The first kappa shape index (κ1) is 25.8. The van der Waals surface area contributed by atoms with Gasteiger partial charge in [-0.25, -0.2) is 13.4 Å². The van der Waals surface area contributed by atoms with Crippen molar-refractivity contribution in [3.05, 3.63) is 42.0 Å². The predicted octanol–water partition coefficient (Wildman–Crippen LogP) is 4.56. The number of rotatable bonds is 11. The summed E-state index contributed by atoms with van der Waals surface area (Å²) in [4.78, 5) is 5.13. The number of hydrogen-bond acceptors (Lipinski definition) is 7. The Morgan fingerprint density at radius 1 is 1.11 bits per heavy atom. The Labute approximate surface area is 211 Å². The van der Waals surface area contributed by atoms with Crippen molar-refractivity contribution in [2.45, 2.75) is 55.1 Å². The van der Waals surface area contributed by atoms with Gasteiger partial charge in [0.1, 0.15) is 11.5 Å². The molecule has 190 valence electrons. The average Bonchev–Trinajstić information content (AvgIpc) is 3.51. The van der Waals surface area contributed by atoms with Gasteiger partial charge in [-0.05, 0) is 48.7 Å². The van der Waals surface area contributed by atoms with Crippen LogP contribution in [-0.2, 0) is 27.1 Å². The number of aromatic nitrogens is 2. The second-order valence-corrected chi connectivity index (χ2v) is 11.3. The van der Waals surface area contributed by atoms with Gasteiger partial charge in [0.15, 0.2) is 5.16 Å². The number of benzene rings is 2. The lowest BCUT2D eigenvalue weighted by molar-refractivity contribution is 0.0960. The average molecular weight is 520 g/mol. The third kappa shape index (κ3) is 5.61. The molecule has 1 atom stereocenters. The van der Waals surface area contributed by atoms with Crippen molar-refractivity contribution in [1.29, 1.82) is 0 Å². The Balaban J connectivity index is 1.69. The van der Waals surface area contributed by atoms with Gasteiger partial charge in [0.05, 0.1) is 42.8 Å².